The van der Waals surface area contributed by atoms with Crippen molar-refractivity contribution in [1.29, 1.82) is 0 Å². The number of nitro groups is 1. The predicted octanol–water partition coefficient (Wildman–Crippen LogP) is 3.48. The van der Waals surface area contributed by atoms with Crippen LogP contribution in [-0.2, 0) is 16.9 Å². The lowest BCUT2D eigenvalue weighted by Crippen LogP contribution is -2.17. The van der Waals surface area contributed by atoms with Gasteiger partial charge < -0.3 is 9.26 Å². The lowest BCUT2D eigenvalue weighted by molar-refractivity contribution is -0.384. The van der Waals surface area contributed by atoms with Gasteiger partial charge in [-0.25, -0.2) is 0 Å². The maximum absolute atomic E-state index is 12.7. The molecule has 0 aliphatic rings. The van der Waals surface area contributed by atoms with E-state index in [0.717, 1.165) is 16.1 Å². The van der Waals surface area contributed by atoms with E-state index >= 15 is 0 Å². The van der Waals surface area contributed by atoms with Crippen LogP contribution in [-0.4, -0.2) is 28.6 Å². The summed E-state index contributed by atoms with van der Waals surface area (Å²) in [5.74, 6) is 1.82. The van der Waals surface area contributed by atoms with Crippen LogP contribution in [0.3, 0.4) is 0 Å². The second-order valence-electron chi connectivity index (χ2n) is 5.44. The molecule has 1 heterocycles. The van der Waals surface area contributed by atoms with Crippen LogP contribution in [0.1, 0.15) is 30.7 Å². The third-order valence-corrected chi connectivity index (χ3v) is 4.62. The Balaban J connectivity index is 2.35. The van der Waals surface area contributed by atoms with Crippen molar-refractivity contribution in [2.75, 3.05) is 19.0 Å². The van der Waals surface area contributed by atoms with Crippen LogP contribution in [0.15, 0.2) is 27.5 Å². The summed E-state index contributed by atoms with van der Waals surface area (Å²) >= 11 is 1.58. The second-order valence-corrected chi connectivity index (χ2v) is 6.55. The van der Waals surface area contributed by atoms with Crippen molar-refractivity contribution >= 4 is 17.4 Å². The zero-order valence-corrected chi connectivity index (χ0v) is 15.4. The minimum atomic E-state index is -0.501. The molecule has 136 valence electrons. The quantitative estimate of drug-likeness (QED) is 0.383. The number of aromatic nitrogens is 1. The highest BCUT2D eigenvalue weighted by Gasteiger charge is 2.23. The first kappa shape index (κ1) is 19.3. The highest BCUT2D eigenvalue weighted by atomic mass is 32.2. The largest absolute Gasteiger partial charge is 0.381 e. The van der Waals surface area contributed by atoms with E-state index in [1.54, 1.807) is 30.8 Å². The normalized spacial score (nSPS) is 11.0. The summed E-state index contributed by atoms with van der Waals surface area (Å²) in [6, 6.07) is 4.70. The van der Waals surface area contributed by atoms with Gasteiger partial charge in [0.15, 0.2) is 5.69 Å². The Morgan fingerprint density at radius 3 is 2.76 bits per heavy atom. The van der Waals surface area contributed by atoms with Crippen molar-refractivity contribution in [1.82, 2.24) is 4.74 Å². The average molecular weight is 366 g/mol. The molecule has 25 heavy (non-hydrogen) atoms. The molecule has 0 bridgehead atoms. The van der Waals surface area contributed by atoms with E-state index in [9.17, 15) is 14.9 Å². The van der Waals surface area contributed by atoms with Gasteiger partial charge in [-0.3, -0.25) is 14.9 Å². The van der Waals surface area contributed by atoms with Gasteiger partial charge in [0.25, 0.3) is 11.2 Å². The van der Waals surface area contributed by atoms with Gasteiger partial charge in [-0.05, 0) is 25.5 Å². The molecule has 0 N–H and O–H groups in total. The Labute approximate surface area is 150 Å². The summed E-state index contributed by atoms with van der Waals surface area (Å²) in [5.41, 5.74) is 0.971. The summed E-state index contributed by atoms with van der Waals surface area (Å²) in [4.78, 5) is 23.6. The molecule has 1 aromatic carbocycles. The number of nitro benzene ring substituents is 1. The molecule has 0 saturated heterocycles. The maximum Gasteiger partial charge on any atom is 0.296 e. The minimum absolute atomic E-state index is 0.144. The highest BCUT2D eigenvalue weighted by Crippen LogP contribution is 2.25. The maximum atomic E-state index is 12.7. The average Bonchev–Trinajstić information content (AvgIpc) is 2.90. The smallest absolute Gasteiger partial charge is 0.296 e. The van der Waals surface area contributed by atoms with Gasteiger partial charge in [-0.1, -0.05) is 13.0 Å². The highest BCUT2D eigenvalue weighted by molar-refractivity contribution is 7.98. The topological polar surface area (TPSA) is 87.5 Å². The monoisotopic (exact) mass is 366 g/mol. The molecular weight excluding hydrogens is 344 g/mol. The van der Waals surface area contributed by atoms with E-state index in [1.807, 2.05) is 13.8 Å². The number of rotatable bonds is 9. The molecule has 0 radical (unpaired) electrons. The molecule has 0 aliphatic carbocycles. The first-order valence-electron chi connectivity index (χ1n) is 8.14. The zero-order valence-electron chi connectivity index (χ0n) is 14.6. The van der Waals surface area contributed by atoms with Gasteiger partial charge in [-0.15, -0.1) is 4.74 Å². The van der Waals surface area contributed by atoms with Crippen molar-refractivity contribution in [3.05, 3.63) is 55.6 Å². The van der Waals surface area contributed by atoms with Crippen LogP contribution >= 0.6 is 11.8 Å². The number of ether oxygens (including phenoxy) is 1. The molecule has 0 saturated carbocycles. The molecule has 0 amide bonds. The van der Waals surface area contributed by atoms with Gasteiger partial charge >= 0.3 is 0 Å². The fourth-order valence-corrected chi connectivity index (χ4v) is 3.28. The van der Waals surface area contributed by atoms with E-state index in [2.05, 4.69) is 0 Å². The van der Waals surface area contributed by atoms with Gasteiger partial charge in [0.1, 0.15) is 5.76 Å². The van der Waals surface area contributed by atoms with E-state index in [1.165, 1.54) is 6.07 Å². The minimum Gasteiger partial charge on any atom is -0.381 e. The van der Waals surface area contributed by atoms with Crippen molar-refractivity contribution in [3.63, 3.8) is 0 Å². The van der Waals surface area contributed by atoms with Gasteiger partial charge in [0.2, 0.25) is 0 Å². The fraction of sp³-hybridized carbons (Fsp3) is 0.471. The second kappa shape index (κ2) is 8.87. The molecule has 0 atom stereocenters. The molecule has 0 aliphatic heterocycles. The molecule has 7 nitrogen and oxygen atoms in total. The summed E-state index contributed by atoms with van der Waals surface area (Å²) in [5, 5.41) is 11.3. The number of benzene rings is 1. The zero-order chi connectivity index (χ0) is 18.4. The van der Waals surface area contributed by atoms with Crippen molar-refractivity contribution in [2.45, 2.75) is 32.9 Å². The van der Waals surface area contributed by atoms with Gasteiger partial charge in [0.05, 0.1) is 17.1 Å². The molecule has 1 aromatic heterocycles. The Morgan fingerprint density at radius 2 is 2.12 bits per heavy atom. The van der Waals surface area contributed by atoms with Crippen LogP contribution in [0.25, 0.3) is 5.69 Å². The van der Waals surface area contributed by atoms with Crippen LogP contribution < -0.4 is 5.56 Å². The molecule has 0 spiro atoms. The summed E-state index contributed by atoms with van der Waals surface area (Å²) in [7, 11) is 0. The van der Waals surface area contributed by atoms with E-state index < -0.39 is 4.92 Å². The predicted molar refractivity (Wildman–Crippen MR) is 97.7 cm³/mol. The number of hydrogen-bond donors (Lipinski definition) is 0. The molecule has 0 unspecified atom stereocenters. The SMILES string of the molecule is CCOCCSCc1c(CC)on(-c2ccc(C)cc2[N+](=O)[O-])c1=O. The lowest BCUT2D eigenvalue weighted by atomic mass is 10.2. The Hall–Kier alpha value is -2.06. The van der Waals surface area contributed by atoms with Crippen molar-refractivity contribution in [3.8, 4) is 5.69 Å². The molecular formula is C17H22N2O5S. The van der Waals surface area contributed by atoms with E-state index in [-0.39, 0.29) is 16.9 Å². The lowest BCUT2D eigenvalue weighted by Gasteiger charge is -2.02. The standard InChI is InChI=1S/C17H22N2O5S/c1-4-16-13(11-25-9-8-23-5-2)17(20)18(24-16)14-7-6-12(3)10-15(14)19(21)22/h6-7,10H,4-5,8-9,11H2,1-3H3. The Kier molecular flexibility index (Phi) is 6.83. The molecule has 2 rings (SSSR count). The molecule has 8 heteroatoms. The fourth-order valence-electron chi connectivity index (χ4n) is 2.42. The number of nitrogens with zero attached hydrogens (tertiary/aromatic N) is 2. The Morgan fingerprint density at radius 1 is 1.36 bits per heavy atom. The van der Waals surface area contributed by atoms with Crippen LogP contribution in [0.5, 0.6) is 0 Å². The molecule has 0 fully saturated rings. The van der Waals surface area contributed by atoms with E-state index in [4.69, 9.17) is 9.26 Å². The van der Waals surface area contributed by atoms with E-state index in [0.29, 0.717) is 36.7 Å². The van der Waals surface area contributed by atoms with Crippen molar-refractivity contribution in [2.24, 2.45) is 0 Å². The van der Waals surface area contributed by atoms with Crippen LogP contribution in [0, 0.1) is 17.0 Å². The third-order valence-electron chi connectivity index (χ3n) is 3.67. The third kappa shape index (κ3) is 4.52. The Bertz CT molecular complexity index is 797. The first-order chi connectivity index (χ1) is 12.0. The number of thioether (sulfide) groups is 1. The summed E-state index contributed by atoms with van der Waals surface area (Å²) in [6.07, 6.45) is 0.545. The number of hydrogen-bond acceptors (Lipinski definition) is 6. The van der Waals surface area contributed by atoms with Crippen LogP contribution in [0.4, 0.5) is 5.69 Å². The number of aryl methyl sites for hydroxylation is 2. The van der Waals surface area contributed by atoms with Crippen LogP contribution in [0.2, 0.25) is 0 Å². The molecule has 2 aromatic rings. The van der Waals surface area contributed by atoms with Gasteiger partial charge in [0, 0.05) is 30.6 Å². The summed E-state index contributed by atoms with van der Waals surface area (Å²) in [6.45, 7) is 6.87. The van der Waals surface area contributed by atoms with Crippen molar-refractivity contribution < 1.29 is 14.2 Å². The summed E-state index contributed by atoms with van der Waals surface area (Å²) < 4.78 is 12.0. The van der Waals surface area contributed by atoms with Gasteiger partial charge in [-0.2, -0.15) is 11.8 Å². The first-order valence-corrected chi connectivity index (χ1v) is 9.30.